The Labute approximate surface area is 228 Å². The summed E-state index contributed by atoms with van der Waals surface area (Å²) in [5.74, 6) is -1.49. The summed E-state index contributed by atoms with van der Waals surface area (Å²) in [4.78, 5) is 20.1. The first-order chi connectivity index (χ1) is 19.3. The lowest BCUT2D eigenvalue weighted by molar-refractivity contribution is -0.274. The van der Waals surface area contributed by atoms with Crippen LogP contribution in [0.25, 0.3) is 0 Å². The number of aliphatic hydroxyl groups excluding tert-OH is 2. The number of aromatic nitrogens is 2. The van der Waals surface area contributed by atoms with Gasteiger partial charge in [0.05, 0.1) is 31.9 Å². The van der Waals surface area contributed by atoms with E-state index < -0.39 is 36.1 Å². The van der Waals surface area contributed by atoms with Gasteiger partial charge in [0.15, 0.2) is 11.5 Å². The zero-order chi connectivity index (χ0) is 29.9. The van der Waals surface area contributed by atoms with Crippen molar-refractivity contribution in [1.82, 2.24) is 14.5 Å². The van der Waals surface area contributed by atoms with Crippen molar-refractivity contribution in [2.75, 3.05) is 38.3 Å². The molecule has 3 aromatic rings. The van der Waals surface area contributed by atoms with Crippen LogP contribution in [0.15, 0.2) is 48.5 Å². The predicted molar refractivity (Wildman–Crippen MR) is 129 cm³/mol. The lowest BCUT2D eigenvalue weighted by atomic mass is 10.1. The van der Waals surface area contributed by atoms with Gasteiger partial charge in [-0.3, -0.25) is 14.3 Å². The lowest BCUT2D eigenvalue weighted by Gasteiger charge is -2.38. The van der Waals surface area contributed by atoms with Crippen LogP contribution < -0.4 is 14.4 Å². The highest BCUT2D eigenvalue weighted by Gasteiger charge is 2.40. The van der Waals surface area contributed by atoms with Crippen molar-refractivity contribution in [2.24, 2.45) is 0 Å². The molecule has 2 aromatic carbocycles. The molecule has 0 bridgehead atoms. The SMILES string of the molecule is CN1c2nc(Oc3cccc(OC(F)(F)F)c3)n(Cc3ccc(C(F)(F)F)cc3)c2C(=O)N(CCOCCO)C1O. The van der Waals surface area contributed by atoms with E-state index in [0.29, 0.717) is 5.56 Å². The van der Waals surface area contributed by atoms with Gasteiger partial charge in [-0.25, -0.2) is 0 Å². The molecular formula is C25H24F6N4O6. The van der Waals surface area contributed by atoms with Crippen molar-refractivity contribution < 1.29 is 55.6 Å². The van der Waals surface area contributed by atoms with E-state index in [1.807, 2.05) is 0 Å². The average Bonchev–Trinajstić information content (AvgIpc) is 3.23. The van der Waals surface area contributed by atoms with Crippen molar-refractivity contribution in [3.63, 3.8) is 0 Å². The van der Waals surface area contributed by atoms with E-state index in [2.05, 4.69) is 9.72 Å². The Morgan fingerprint density at radius 1 is 1.00 bits per heavy atom. The van der Waals surface area contributed by atoms with E-state index in [1.165, 1.54) is 40.8 Å². The van der Waals surface area contributed by atoms with Gasteiger partial charge < -0.3 is 29.3 Å². The van der Waals surface area contributed by atoms with Crippen LogP contribution in [0.1, 0.15) is 21.6 Å². The molecule has 0 spiro atoms. The molecule has 0 fully saturated rings. The minimum Gasteiger partial charge on any atom is -0.425 e. The number of hydrogen-bond donors (Lipinski definition) is 2. The molecule has 1 aliphatic heterocycles. The number of fused-ring (bicyclic) bond motifs is 1. The number of carbonyl (C=O) groups is 1. The molecule has 1 aliphatic rings. The van der Waals surface area contributed by atoms with E-state index in [9.17, 15) is 36.2 Å². The first-order valence-electron chi connectivity index (χ1n) is 12.0. The molecule has 41 heavy (non-hydrogen) atoms. The number of rotatable bonds is 10. The molecule has 0 saturated carbocycles. The first kappa shape index (κ1) is 30.0. The summed E-state index contributed by atoms with van der Waals surface area (Å²) < 4.78 is 93.4. The minimum absolute atomic E-state index is 0.000172. The zero-order valence-electron chi connectivity index (χ0n) is 21.3. The number of aliphatic hydroxyl groups is 2. The van der Waals surface area contributed by atoms with Crippen LogP contribution in [-0.2, 0) is 17.5 Å². The predicted octanol–water partition coefficient (Wildman–Crippen LogP) is 3.82. The summed E-state index contributed by atoms with van der Waals surface area (Å²) in [6.45, 7) is -0.604. The summed E-state index contributed by atoms with van der Waals surface area (Å²) in [7, 11) is 1.43. The number of alkyl halides is 6. The smallest absolute Gasteiger partial charge is 0.425 e. The molecule has 222 valence electrons. The van der Waals surface area contributed by atoms with Crippen molar-refractivity contribution in [3.8, 4) is 17.5 Å². The van der Waals surface area contributed by atoms with Crippen molar-refractivity contribution in [3.05, 3.63) is 65.4 Å². The van der Waals surface area contributed by atoms with Gasteiger partial charge in [0.2, 0.25) is 6.35 Å². The summed E-state index contributed by atoms with van der Waals surface area (Å²) in [5, 5.41) is 19.6. The van der Waals surface area contributed by atoms with Crippen LogP contribution in [0.3, 0.4) is 0 Å². The van der Waals surface area contributed by atoms with Gasteiger partial charge in [-0.05, 0) is 29.8 Å². The van der Waals surface area contributed by atoms with Crippen molar-refractivity contribution in [1.29, 1.82) is 0 Å². The third kappa shape index (κ3) is 7.01. The molecule has 1 aromatic heterocycles. The molecule has 4 rings (SSSR count). The van der Waals surface area contributed by atoms with Gasteiger partial charge in [0.1, 0.15) is 11.5 Å². The topological polar surface area (TPSA) is 110 Å². The number of halogens is 6. The molecule has 10 nitrogen and oxygen atoms in total. The standard InChI is InChI=1S/C25H24F6N4O6/c1-33-20-19(21(37)34(23(33)38)9-11-39-12-10-36)35(14-15-5-7-16(8-6-15)24(26,27)28)22(32-20)40-17-3-2-4-18(13-17)41-25(29,30)31/h2-8,13,23,36,38H,9-12,14H2,1H3. The third-order valence-electron chi connectivity index (χ3n) is 5.92. The number of nitrogens with zero attached hydrogens (tertiary/aromatic N) is 4. The normalized spacial score (nSPS) is 15.7. The quantitative estimate of drug-likeness (QED) is 0.271. The van der Waals surface area contributed by atoms with E-state index in [4.69, 9.17) is 14.6 Å². The highest BCUT2D eigenvalue weighted by molar-refractivity contribution is 5.99. The number of hydrogen-bond acceptors (Lipinski definition) is 8. The van der Waals surface area contributed by atoms with Gasteiger partial charge in [-0.2, -0.15) is 18.2 Å². The highest BCUT2D eigenvalue weighted by atomic mass is 19.4. The zero-order valence-corrected chi connectivity index (χ0v) is 21.3. The number of anilines is 1. The number of benzene rings is 2. The summed E-state index contributed by atoms with van der Waals surface area (Å²) in [6.07, 6.45) is -11.0. The molecule has 2 N–H and O–H groups in total. The molecule has 0 radical (unpaired) electrons. The molecule has 0 aliphatic carbocycles. The van der Waals surface area contributed by atoms with Crippen LogP contribution in [0, 0.1) is 0 Å². The van der Waals surface area contributed by atoms with E-state index >= 15 is 0 Å². The molecule has 2 heterocycles. The largest absolute Gasteiger partial charge is 0.573 e. The van der Waals surface area contributed by atoms with E-state index in [-0.39, 0.29) is 56.2 Å². The monoisotopic (exact) mass is 590 g/mol. The van der Waals surface area contributed by atoms with Gasteiger partial charge in [-0.15, -0.1) is 13.2 Å². The first-order valence-corrected chi connectivity index (χ1v) is 12.0. The minimum atomic E-state index is -4.96. The van der Waals surface area contributed by atoms with Gasteiger partial charge in [0.25, 0.3) is 5.91 Å². The maximum atomic E-state index is 13.5. The van der Waals surface area contributed by atoms with E-state index in [0.717, 1.165) is 29.2 Å². The molecule has 0 saturated heterocycles. The maximum absolute atomic E-state index is 13.5. The summed E-state index contributed by atoms with van der Waals surface area (Å²) >= 11 is 0. The average molecular weight is 590 g/mol. The third-order valence-corrected chi connectivity index (χ3v) is 5.92. The Morgan fingerprint density at radius 3 is 2.32 bits per heavy atom. The second-order valence-electron chi connectivity index (χ2n) is 8.76. The Bertz CT molecular complexity index is 1360. The molecule has 1 atom stereocenters. The number of ether oxygens (including phenoxy) is 3. The highest BCUT2D eigenvalue weighted by Crippen LogP contribution is 2.36. The van der Waals surface area contributed by atoms with Crippen LogP contribution >= 0.6 is 0 Å². The van der Waals surface area contributed by atoms with Crippen LogP contribution in [-0.4, -0.2) is 76.7 Å². The fraction of sp³-hybridized carbons (Fsp3) is 0.360. The maximum Gasteiger partial charge on any atom is 0.573 e. The Kier molecular flexibility index (Phi) is 8.65. The van der Waals surface area contributed by atoms with Crippen molar-refractivity contribution >= 4 is 11.7 Å². The second-order valence-corrected chi connectivity index (χ2v) is 8.76. The molecular weight excluding hydrogens is 566 g/mol. The summed E-state index contributed by atoms with van der Waals surface area (Å²) in [5.41, 5.74) is -0.672. The molecule has 1 amide bonds. The van der Waals surface area contributed by atoms with Crippen molar-refractivity contribution in [2.45, 2.75) is 25.4 Å². The van der Waals surface area contributed by atoms with Gasteiger partial charge in [-0.1, -0.05) is 18.2 Å². The van der Waals surface area contributed by atoms with Gasteiger partial charge in [0, 0.05) is 19.7 Å². The second kappa shape index (κ2) is 11.8. The number of carbonyl (C=O) groups excluding carboxylic acids is 1. The molecule has 16 heteroatoms. The Hall–Kier alpha value is -4.02. The fourth-order valence-corrected chi connectivity index (χ4v) is 4.03. The summed E-state index contributed by atoms with van der Waals surface area (Å²) in [6, 6.07) is 8.36. The van der Waals surface area contributed by atoms with E-state index in [1.54, 1.807) is 0 Å². The van der Waals surface area contributed by atoms with Crippen LogP contribution in [0.2, 0.25) is 0 Å². The van der Waals surface area contributed by atoms with Crippen LogP contribution in [0.4, 0.5) is 32.2 Å². The molecule has 1 unspecified atom stereocenters. The number of amides is 1. The Morgan fingerprint density at radius 2 is 1.68 bits per heavy atom. The number of imidazole rings is 1. The van der Waals surface area contributed by atoms with Gasteiger partial charge >= 0.3 is 18.5 Å². The Balaban J connectivity index is 1.73. The van der Waals surface area contributed by atoms with Crippen LogP contribution in [0.5, 0.6) is 17.5 Å². The fourth-order valence-electron chi connectivity index (χ4n) is 4.03. The lowest BCUT2D eigenvalue weighted by Crippen LogP contribution is -2.55.